The van der Waals surface area contributed by atoms with Gasteiger partial charge < -0.3 is 4.74 Å². The van der Waals surface area contributed by atoms with Gasteiger partial charge in [-0.25, -0.2) is 0 Å². The second kappa shape index (κ2) is 6.31. The number of ether oxygens (including phenoxy) is 1. The minimum atomic E-state index is -0.399. The molecule has 0 saturated carbocycles. The van der Waals surface area contributed by atoms with Crippen molar-refractivity contribution in [2.75, 3.05) is 7.11 Å². The van der Waals surface area contributed by atoms with Crippen LogP contribution in [0.2, 0.25) is 0 Å². The number of carbonyl (C=O) groups is 1. The number of hydrogen-bond donors (Lipinski definition) is 0. The summed E-state index contributed by atoms with van der Waals surface area (Å²) in [4.78, 5) is 22.1. The van der Waals surface area contributed by atoms with E-state index >= 15 is 0 Å². The lowest BCUT2D eigenvalue weighted by Gasteiger charge is -2.10. The summed E-state index contributed by atoms with van der Waals surface area (Å²) in [5, 5.41) is 15.4. The molecule has 1 rings (SSSR count). The summed E-state index contributed by atoms with van der Waals surface area (Å²) in [5.74, 6) is -0.738. The summed E-state index contributed by atoms with van der Waals surface area (Å²) >= 11 is 0. The molecule has 1 heterocycles. The van der Waals surface area contributed by atoms with E-state index in [1.807, 2.05) is 13.8 Å². The monoisotopic (exact) mass is 269 g/mol. The van der Waals surface area contributed by atoms with Crippen molar-refractivity contribution in [1.82, 2.24) is 9.78 Å². The van der Waals surface area contributed by atoms with Gasteiger partial charge in [0.05, 0.1) is 24.5 Å². The maximum Gasteiger partial charge on any atom is 0.313 e. The Morgan fingerprint density at radius 1 is 1.47 bits per heavy atom. The highest BCUT2D eigenvalue weighted by Gasteiger charge is 2.27. The molecule has 0 saturated heterocycles. The normalized spacial score (nSPS) is 12.2. The van der Waals surface area contributed by atoms with Gasteiger partial charge >= 0.3 is 11.7 Å². The molecular formula is C12H19N3O4. The summed E-state index contributed by atoms with van der Waals surface area (Å²) < 4.78 is 6.21. The van der Waals surface area contributed by atoms with Gasteiger partial charge in [-0.1, -0.05) is 20.8 Å². The number of nitro groups is 1. The molecule has 19 heavy (non-hydrogen) atoms. The smallest absolute Gasteiger partial charge is 0.313 e. The van der Waals surface area contributed by atoms with Crippen molar-refractivity contribution in [2.24, 2.45) is 5.92 Å². The van der Waals surface area contributed by atoms with Crippen LogP contribution in [0.15, 0.2) is 0 Å². The van der Waals surface area contributed by atoms with Crippen molar-refractivity contribution in [3.63, 3.8) is 0 Å². The number of aryl methyl sites for hydroxylation is 1. The third kappa shape index (κ3) is 3.10. The van der Waals surface area contributed by atoms with Gasteiger partial charge in [-0.2, -0.15) is 5.10 Å². The van der Waals surface area contributed by atoms with Crippen LogP contribution in [-0.2, 0) is 28.9 Å². The van der Waals surface area contributed by atoms with E-state index in [-0.39, 0.29) is 24.1 Å². The van der Waals surface area contributed by atoms with Crippen LogP contribution in [0.4, 0.5) is 5.69 Å². The SMILES string of the molecule is CCc1nn(CC(C)C(=O)OC)c(CC)c1[N+](=O)[O-]. The number of carbonyl (C=O) groups excluding carboxylic acids is 1. The fraction of sp³-hybridized carbons (Fsp3) is 0.667. The lowest BCUT2D eigenvalue weighted by molar-refractivity contribution is -0.386. The second-order valence-electron chi connectivity index (χ2n) is 4.31. The Labute approximate surface area is 111 Å². The van der Waals surface area contributed by atoms with Crippen molar-refractivity contribution in [2.45, 2.75) is 40.2 Å². The van der Waals surface area contributed by atoms with Crippen molar-refractivity contribution in [3.05, 3.63) is 21.5 Å². The molecule has 0 radical (unpaired) electrons. The minimum absolute atomic E-state index is 0.0714. The number of methoxy groups -OCH3 is 1. The average molecular weight is 269 g/mol. The largest absolute Gasteiger partial charge is 0.469 e. The Hall–Kier alpha value is -1.92. The van der Waals surface area contributed by atoms with Gasteiger partial charge in [0.2, 0.25) is 0 Å². The lowest BCUT2D eigenvalue weighted by atomic mass is 10.1. The second-order valence-corrected chi connectivity index (χ2v) is 4.31. The van der Waals surface area contributed by atoms with Crippen molar-refractivity contribution < 1.29 is 14.5 Å². The molecule has 0 aliphatic heterocycles. The predicted molar refractivity (Wildman–Crippen MR) is 68.8 cm³/mol. The van der Waals surface area contributed by atoms with Crippen LogP contribution in [0, 0.1) is 16.0 Å². The van der Waals surface area contributed by atoms with Crippen LogP contribution in [0.1, 0.15) is 32.2 Å². The molecule has 0 N–H and O–H groups in total. The first-order valence-electron chi connectivity index (χ1n) is 6.26. The highest BCUT2D eigenvalue weighted by molar-refractivity contribution is 5.71. The van der Waals surface area contributed by atoms with E-state index in [9.17, 15) is 14.9 Å². The Balaban J connectivity index is 3.14. The Morgan fingerprint density at radius 2 is 2.11 bits per heavy atom. The first-order valence-corrected chi connectivity index (χ1v) is 6.26. The molecule has 0 amide bonds. The summed E-state index contributed by atoms with van der Waals surface area (Å²) in [6.45, 7) is 5.66. The number of rotatable bonds is 6. The molecule has 1 unspecified atom stereocenters. The van der Waals surface area contributed by atoms with Crippen LogP contribution >= 0.6 is 0 Å². The summed E-state index contributed by atoms with van der Waals surface area (Å²) in [6, 6.07) is 0. The predicted octanol–water partition coefficient (Wildman–Crippen LogP) is 1.73. The zero-order chi connectivity index (χ0) is 14.6. The topological polar surface area (TPSA) is 87.3 Å². The van der Waals surface area contributed by atoms with E-state index in [2.05, 4.69) is 9.84 Å². The van der Waals surface area contributed by atoms with Crippen molar-refractivity contribution in [3.8, 4) is 0 Å². The molecule has 7 heteroatoms. The maximum absolute atomic E-state index is 11.4. The van der Waals surface area contributed by atoms with E-state index in [0.29, 0.717) is 24.2 Å². The first kappa shape index (κ1) is 15.1. The number of aromatic nitrogens is 2. The zero-order valence-electron chi connectivity index (χ0n) is 11.7. The molecule has 0 aliphatic carbocycles. The Morgan fingerprint density at radius 3 is 2.53 bits per heavy atom. The number of esters is 1. The fourth-order valence-corrected chi connectivity index (χ4v) is 2.03. The van der Waals surface area contributed by atoms with E-state index in [4.69, 9.17) is 0 Å². The summed E-state index contributed by atoms with van der Waals surface area (Å²) in [7, 11) is 1.32. The molecule has 0 aromatic carbocycles. The fourth-order valence-electron chi connectivity index (χ4n) is 2.03. The van der Waals surface area contributed by atoms with E-state index in [1.54, 1.807) is 11.6 Å². The average Bonchev–Trinajstić information content (AvgIpc) is 2.75. The molecule has 106 valence electrons. The van der Waals surface area contributed by atoms with E-state index in [0.717, 1.165) is 0 Å². The van der Waals surface area contributed by atoms with Crippen molar-refractivity contribution in [1.29, 1.82) is 0 Å². The molecule has 7 nitrogen and oxygen atoms in total. The molecule has 0 aliphatic rings. The molecular weight excluding hydrogens is 250 g/mol. The third-order valence-corrected chi connectivity index (χ3v) is 3.00. The van der Waals surface area contributed by atoms with Crippen LogP contribution in [0.5, 0.6) is 0 Å². The molecule has 1 atom stereocenters. The Kier molecular flexibility index (Phi) is 5.02. The highest BCUT2D eigenvalue weighted by atomic mass is 16.6. The minimum Gasteiger partial charge on any atom is -0.469 e. The standard InChI is InChI=1S/C12H19N3O4/c1-5-9-11(15(17)18)10(6-2)14(13-9)7-8(3)12(16)19-4/h8H,5-7H2,1-4H3. The molecule has 0 bridgehead atoms. The van der Waals surface area contributed by atoms with Gasteiger partial charge in [-0.15, -0.1) is 0 Å². The number of hydrogen-bond acceptors (Lipinski definition) is 5. The third-order valence-electron chi connectivity index (χ3n) is 3.00. The summed E-state index contributed by atoms with van der Waals surface area (Å²) in [5.41, 5.74) is 1.08. The van der Waals surface area contributed by atoms with Crippen LogP contribution in [-0.4, -0.2) is 27.8 Å². The van der Waals surface area contributed by atoms with Gasteiger partial charge in [0.15, 0.2) is 0 Å². The van der Waals surface area contributed by atoms with E-state index in [1.165, 1.54) is 7.11 Å². The quantitative estimate of drug-likeness (QED) is 0.446. The molecule has 1 aromatic heterocycles. The van der Waals surface area contributed by atoms with Crippen LogP contribution in [0.3, 0.4) is 0 Å². The van der Waals surface area contributed by atoms with Gasteiger partial charge in [-0.05, 0) is 12.8 Å². The lowest BCUT2D eigenvalue weighted by Crippen LogP contribution is -2.20. The van der Waals surface area contributed by atoms with Gasteiger partial charge in [0.25, 0.3) is 0 Å². The zero-order valence-corrected chi connectivity index (χ0v) is 11.7. The highest BCUT2D eigenvalue weighted by Crippen LogP contribution is 2.25. The van der Waals surface area contributed by atoms with Crippen LogP contribution in [0.25, 0.3) is 0 Å². The molecule has 1 aromatic rings. The summed E-state index contributed by atoms with van der Waals surface area (Å²) in [6.07, 6.45) is 0.986. The van der Waals surface area contributed by atoms with Crippen LogP contribution < -0.4 is 0 Å². The maximum atomic E-state index is 11.4. The van der Waals surface area contributed by atoms with Gasteiger partial charge in [-0.3, -0.25) is 19.6 Å². The van der Waals surface area contributed by atoms with Gasteiger partial charge in [0.1, 0.15) is 11.4 Å². The van der Waals surface area contributed by atoms with Crippen molar-refractivity contribution >= 4 is 11.7 Å². The molecule has 0 fully saturated rings. The number of nitrogens with zero attached hydrogens (tertiary/aromatic N) is 3. The molecule has 0 spiro atoms. The van der Waals surface area contributed by atoms with E-state index < -0.39 is 4.92 Å². The van der Waals surface area contributed by atoms with Gasteiger partial charge in [0, 0.05) is 0 Å². The first-order chi connectivity index (χ1) is 8.96. The Bertz CT molecular complexity index is 482.